The molecule has 7 heteroatoms. The molecule has 0 saturated carbocycles. The summed E-state index contributed by atoms with van der Waals surface area (Å²) < 4.78 is 10.2. The Hall–Kier alpha value is -3.06. The standard InChI is InChI=1S/C20H18N2O4S/c1-3-26-16-7-5-4-6-15(16)21-20-22-18(23)17(27-20)12-13-8-10-14(11-9-13)19(24)25-2/h4-12H,3H2,1-2H3,(H,21,22,23). The lowest BCUT2D eigenvalue weighted by Gasteiger charge is -2.06. The zero-order valence-corrected chi connectivity index (χ0v) is 15.7. The molecule has 0 unspecified atom stereocenters. The number of benzene rings is 2. The Kier molecular flexibility index (Phi) is 5.93. The molecule has 1 saturated heterocycles. The van der Waals surface area contributed by atoms with Gasteiger partial charge in [-0.05, 0) is 54.6 Å². The number of nitrogens with one attached hydrogen (secondary N) is 1. The fraction of sp³-hybridized carbons (Fsp3) is 0.150. The maximum Gasteiger partial charge on any atom is 0.337 e. The normalized spacial score (nSPS) is 16.4. The van der Waals surface area contributed by atoms with E-state index in [2.05, 4.69) is 15.0 Å². The van der Waals surface area contributed by atoms with Crippen LogP contribution in [0.5, 0.6) is 5.75 Å². The highest BCUT2D eigenvalue weighted by molar-refractivity contribution is 8.18. The van der Waals surface area contributed by atoms with Gasteiger partial charge < -0.3 is 14.8 Å². The predicted octanol–water partition coefficient (Wildman–Crippen LogP) is 3.76. The van der Waals surface area contributed by atoms with Crippen molar-refractivity contribution in [3.8, 4) is 5.75 Å². The van der Waals surface area contributed by atoms with Crippen molar-refractivity contribution in [2.24, 2.45) is 4.99 Å². The van der Waals surface area contributed by atoms with Gasteiger partial charge in [0.2, 0.25) is 0 Å². The molecule has 0 radical (unpaired) electrons. The maximum atomic E-state index is 12.2. The molecule has 27 heavy (non-hydrogen) atoms. The summed E-state index contributed by atoms with van der Waals surface area (Å²) in [6, 6.07) is 14.2. The number of hydrogen-bond donors (Lipinski definition) is 1. The van der Waals surface area contributed by atoms with E-state index < -0.39 is 5.97 Å². The highest BCUT2D eigenvalue weighted by Gasteiger charge is 2.24. The molecule has 1 heterocycles. The third-order valence-corrected chi connectivity index (χ3v) is 4.58. The van der Waals surface area contributed by atoms with Gasteiger partial charge in [-0.1, -0.05) is 24.3 Å². The van der Waals surface area contributed by atoms with Crippen LogP contribution in [0.1, 0.15) is 22.8 Å². The van der Waals surface area contributed by atoms with Gasteiger partial charge in [-0.15, -0.1) is 0 Å². The van der Waals surface area contributed by atoms with Crippen LogP contribution in [0.4, 0.5) is 5.69 Å². The summed E-state index contributed by atoms with van der Waals surface area (Å²) >= 11 is 1.25. The quantitative estimate of drug-likeness (QED) is 0.629. The summed E-state index contributed by atoms with van der Waals surface area (Å²) in [7, 11) is 1.34. The van der Waals surface area contributed by atoms with Crippen LogP contribution < -0.4 is 10.1 Å². The molecule has 3 rings (SSSR count). The number of rotatable bonds is 5. The molecule has 1 aliphatic heterocycles. The summed E-state index contributed by atoms with van der Waals surface area (Å²) in [5.41, 5.74) is 1.92. The lowest BCUT2D eigenvalue weighted by Crippen LogP contribution is -2.19. The van der Waals surface area contributed by atoms with Crippen molar-refractivity contribution < 1.29 is 19.1 Å². The summed E-state index contributed by atoms with van der Waals surface area (Å²) in [6.07, 6.45) is 1.75. The molecule has 0 spiro atoms. The number of thioether (sulfide) groups is 1. The molecule has 1 amide bonds. The molecule has 1 fully saturated rings. The minimum absolute atomic E-state index is 0.218. The number of para-hydroxylation sites is 2. The largest absolute Gasteiger partial charge is 0.492 e. The van der Waals surface area contributed by atoms with Gasteiger partial charge in [0.15, 0.2) is 5.17 Å². The van der Waals surface area contributed by atoms with E-state index in [1.807, 2.05) is 31.2 Å². The van der Waals surface area contributed by atoms with Crippen LogP contribution in [0.2, 0.25) is 0 Å². The summed E-state index contributed by atoms with van der Waals surface area (Å²) in [5, 5.41) is 3.25. The topological polar surface area (TPSA) is 77.0 Å². The van der Waals surface area contributed by atoms with Gasteiger partial charge in [0, 0.05) is 0 Å². The predicted molar refractivity (Wildman–Crippen MR) is 106 cm³/mol. The van der Waals surface area contributed by atoms with E-state index in [0.29, 0.717) is 33.7 Å². The highest BCUT2D eigenvalue weighted by Crippen LogP contribution is 2.32. The van der Waals surface area contributed by atoms with Crippen LogP contribution >= 0.6 is 11.8 Å². The first kappa shape index (κ1) is 18.7. The van der Waals surface area contributed by atoms with Crippen molar-refractivity contribution in [1.29, 1.82) is 0 Å². The van der Waals surface area contributed by atoms with Crippen LogP contribution in [0.15, 0.2) is 58.4 Å². The minimum atomic E-state index is -0.399. The van der Waals surface area contributed by atoms with E-state index in [4.69, 9.17) is 4.74 Å². The van der Waals surface area contributed by atoms with Crippen LogP contribution in [0.3, 0.4) is 0 Å². The highest BCUT2D eigenvalue weighted by atomic mass is 32.2. The molecule has 0 aromatic heterocycles. The molecule has 1 aliphatic rings. The van der Waals surface area contributed by atoms with Gasteiger partial charge in [-0.2, -0.15) is 0 Å². The Labute approximate surface area is 161 Å². The summed E-state index contributed by atoms with van der Waals surface area (Å²) in [6.45, 7) is 2.44. The third kappa shape index (κ3) is 4.57. The van der Waals surface area contributed by atoms with Crippen LogP contribution in [-0.4, -0.2) is 30.8 Å². The Morgan fingerprint density at radius 2 is 1.93 bits per heavy atom. The Morgan fingerprint density at radius 1 is 1.19 bits per heavy atom. The number of methoxy groups -OCH3 is 1. The van der Waals surface area contributed by atoms with Crippen molar-refractivity contribution in [3.05, 3.63) is 64.6 Å². The zero-order chi connectivity index (χ0) is 19.2. The number of carbonyl (C=O) groups excluding carboxylic acids is 2. The smallest absolute Gasteiger partial charge is 0.337 e. The number of amidine groups is 1. The van der Waals surface area contributed by atoms with Crippen molar-refractivity contribution in [2.75, 3.05) is 13.7 Å². The van der Waals surface area contributed by atoms with Crippen molar-refractivity contribution in [1.82, 2.24) is 5.32 Å². The molecule has 2 aromatic rings. The molecular weight excluding hydrogens is 364 g/mol. The first-order chi connectivity index (χ1) is 13.1. The zero-order valence-electron chi connectivity index (χ0n) is 14.9. The second-order valence-corrected chi connectivity index (χ2v) is 6.53. The van der Waals surface area contributed by atoms with Crippen LogP contribution in [0.25, 0.3) is 6.08 Å². The van der Waals surface area contributed by atoms with Gasteiger partial charge >= 0.3 is 5.97 Å². The van der Waals surface area contributed by atoms with E-state index in [0.717, 1.165) is 5.56 Å². The molecule has 138 valence electrons. The molecule has 1 N–H and O–H groups in total. The van der Waals surface area contributed by atoms with Crippen LogP contribution in [0, 0.1) is 0 Å². The van der Waals surface area contributed by atoms with Crippen molar-refractivity contribution in [3.63, 3.8) is 0 Å². The number of ether oxygens (including phenoxy) is 2. The van der Waals surface area contributed by atoms with Gasteiger partial charge in [-0.3, -0.25) is 4.79 Å². The van der Waals surface area contributed by atoms with Gasteiger partial charge in [0.05, 0.1) is 24.2 Å². The van der Waals surface area contributed by atoms with Crippen LogP contribution in [-0.2, 0) is 9.53 Å². The minimum Gasteiger partial charge on any atom is -0.492 e. The van der Waals surface area contributed by atoms with Gasteiger partial charge in [0.25, 0.3) is 5.91 Å². The van der Waals surface area contributed by atoms with Gasteiger partial charge in [-0.25, -0.2) is 9.79 Å². The fourth-order valence-corrected chi connectivity index (χ4v) is 3.24. The lowest BCUT2D eigenvalue weighted by atomic mass is 10.1. The molecule has 2 aromatic carbocycles. The molecule has 0 bridgehead atoms. The van der Waals surface area contributed by atoms with Crippen molar-refractivity contribution >= 4 is 40.6 Å². The maximum absolute atomic E-state index is 12.2. The third-order valence-electron chi connectivity index (χ3n) is 3.67. The monoisotopic (exact) mass is 382 g/mol. The summed E-state index contributed by atoms with van der Waals surface area (Å²) in [4.78, 5) is 28.7. The van der Waals surface area contributed by atoms with Gasteiger partial charge in [0.1, 0.15) is 11.4 Å². The summed E-state index contributed by atoms with van der Waals surface area (Å²) in [5.74, 6) is 0.0485. The number of nitrogens with zero attached hydrogens (tertiary/aromatic N) is 1. The SMILES string of the molecule is CCOc1ccccc1N=C1NC(=O)C(=Cc2ccc(C(=O)OC)cc2)S1. The van der Waals surface area contributed by atoms with E-state index in [1.54, 1.807) is 30.3 Å². The molecule has 6 nitrogen and oxygen atoms in total. The second kappa shape index (κ2) is 8.55. The number of aliphatic imine (C=N–C) groups is 1. The second-order valence-electron chi connectivity index (χ2n) is 5.50. The van der Waals surface area contributed by atoms with Crippen molar-refractivity contribution in [2.45, 2.75) is 6.92 Å². The first-order valence-corrected chi connectivity index (χ1v) is 9.12. The number of hydrogen-bond acceptors (Lipinski definition) is 6. The first-order valence-electron chi connectivity index (χ1n) is 8.30. The number of amides is 1. The number of esters is 1. The average Bonchev–Trinajstić information content (AvgIpc) is 3.02. The van der Waals surface area contributed by atoms with E-state index in [-0.39, 0.29) is 5.91 Å². The Bertz CT molecular complexity index is 920. The molecule has 0 aliphatic carbocycles. The Balaban J connectivity index is 1.79. The lowest BCUT2D eigenvalue weighted by molar-refractivity contribution is -0.115. The molecule has 0 atom stereocenters. The number of carbonyl (C=O) groups is 2. The molecular formula is C20H18N2O4S. The average molecular weight is 382 g/mol. The van der Waals surface area contributed by atoms with E-state index >= 15 is 0 Å². The van der Waals surface area contributed by atoms with E-state index in [1.165, 1.54) is 18.9 Å². The Morgan fingerprint density at radius 3 is 2.63 bits per heavy atom. The van der Waals surface area contributed by atoms with E-state index in [9.17, 15) is 9.59 Å². The fourth-order valence-electron chi connectivity index (χ4n) is 2.40.